The van der Waals surface area contributed by atoms with Gasteiger partial charge in [-0.2, -0.15) is 0 Å². The Morgan fingerprint density at radius 1 is 1.12 bits per heavy atom. The first kappa shape index (κ1) is 16.1. The van der Waals surface area contributed by atoms with Gasteiger partial charge in [0.05, 0.1) is 17.7 Å². The molecule has 2 amide bonds. The molecule has 1 aliphatic rings. The lowest BCUT2D eigenvalue weighted by molar-refractivity contribution is 0.252. The summed E-state index contributed by atoms with van der Waals surface area (Å²) in [5.41, 5.74) is 1.02. The van der Waals surface area contributed by atoms with Gasteiger partial charge in [0, 0.05) is 18.8 Å². The monoisotopic (exact) mass is 347 g/mol. The fourth-order valence-electron chi connectivity index (χ4n) is 2.46. The minimum Gasteiger partial charge on any atom is -0.495 e. The summed E-state index contributed by atoms with van der Waals surface area (Å²) in [6.45, 7) is 1.14. The van der Waals surface area contributed by atoms with Crippen molar-refractivity contribution < 1.29 is 17.9 Å². The number of methoxy groups -OCH3 is 1. The van der Waals surface area contributed by atoms with Crippen molar-refractivity contribution in [2.45, 2.75) is 4.90 Å². The van der Waals surface area contributed by atoms with Gasteiger partial charge in [-0.15, -0.1) is 0 Å². The average Bonchev–Trinajstić information content (AvgIpc) is 3.01. The number of carbonyl (C=O) groups is 1. The maximum Gasteiger partial charge on any atom is 0.321 e. The van der Waals surface area contributed by atoms with Crippen molar-refractivity contribution in [2.75, 3.05) is 29.8 Å². The van der Waals surface area contributed by atoms with Crippen LogP contribution in [-0.4, -0.2) is 34.6 Å². The highest BCUT2D eigenvalue weighted by atomic mass is 32.2. The van der Waals surface area contributed by atoms with Crippen LogP contribution >= 0.6 is 0 Å². The number of nitrogens with zero attached hydrogens (tertiary/aromatic N) is 1. The summed E-state index contributed by atoms with van der Waals surface area (Å²) < 4.78 is 32.7. The van der Waals surface area contributed by atoms with E-state index in [4.69, 9.17) is 4.74 Å². The lowest BCUT2D eigenvalue weighted by Gasteiger charge is -2.15. The fourth-order valence-corrected chi connectivity index (χ4v) is 3.53. The molecule has 0 saturated carbocycles. The fraction of sp³-hybridized carbons (Fsp3) is 0.188. The van der Waals surface area contributed by atoms with E-state index in [1.807, 2.05) is 0 Å². The van der Waals surface area contributed by atoms with Crippen LogP contribution in [0.1, 0.15) is 0 Å². The smallest absolute Gasteiger partial charge is 0.321 e. The molecule has 8 heteroatoms. The molecule has 0 bridgehead atoms. The number of sulfonamides is 1. The van der Waals surface area contributed by atoms with E-state index in [0.29, 0.717) is 30.2 Å². The highest BCUT2D eigenvalue weighted by molar-refractivity contribution is 7.92. The van der Waals surface area contributed by atoms with E-state index >= 15 is 0 Å². The average molecular weight is 347 g/mol. The lowest BCUT2D eigenvalue weighted by Crippen LogP contribution is -2.27. The van der Waals surface area contributed by atoms with Gasteiger partial charge in [0.25, 0.3) is 10.0 Å². The molecule has 7 nitrogen and oxygen atoms in total. The molecule has 0 radical (unpaired) electrons. The Balaban J connectivity index is 1.83. The van der Waals surface area contributed by atoms with E-state index in [1.165, 1.54) is 19.2 Å². The van der Waals surface area contributed by atoms with Crippen molar-refractivity contribution in [1.82, 2.24) is 5.32 Å². The van der Waals surface area contributed by atoms with Crippen LogP contribution in [0.25, 0.3) is 0 Å². The summed E-state index contributed by atoms with van der Waals surface area (Å²) in [6.07, 6.45) is 0. The second kappa shape index (κ2) is 6.40. The van der Waals surface area contributed by atoms with Crippen molar-refractivity contribution in [3.8, 4) is 5.75 Å². The molecule has 0 aliphatic carbocycles. The van der Waals surface area contributed by atoms with E-state index in [2.05, 4.69) is 10.0 Å². The molecule has 2 aromatic rings. The first-order chi connectivity index (χ1) is 11.5. The maximum atomic E-state index is 12.5. The summed E-state index contributed by atoms with van der Waals surface area (Å²) in [5, 5.41) is 2.70. The van der Waals surface area contributed by atoms with E-state index in [1.54, 1.807) is 41.3 Å². The minimum absolute atomic E-state index is 0.108. The zero-order valence-electron chi connectivity index (χ0n) is 13.0. The van der Waals surface area contributed by atoms with Crippen LogP contribution in [0.5, 0.6) is 5.75 Å². The van der Waals surface area contributed by atoms with Crippen molar-refractivity contribution in [3.05, 3.63) is 48.5 Å². The molecule has 2 aromatic carbocycles. The molecule has 1 saturated heterocycles. The van der Waals surface area contributed by atoms with Crippen molar-refractivity contribution in [2.24, 2.45) is 0 Å². The third-order valence-corrected chi connectivity index (χ3v) is 5.05. The number of anilines is 2. The van der Waals surface area contributed by atoms with Gasteiger partial charge >= 0.3 is 6.03 Å². The highest BCUT2D eigenvalue weighted by Gasteiger charge is 2.22. The van der Waals surface area contributed by atoms with Crippen LogP contribution in [0.4, 0.5) is 16.2 Å². The van der Waals surface area contributed by atoms with Gasteiger partial charge in [-0.05, 0) is 36.4 Å². The Labute approximate surface area is 140 Å². The second-order valence-corrected chi connectivity index (χ2v) is 6.87. The molecular weight excluding hydrogens is 330 g/mol. The quantitative estimate of drug-likeness (QED) is 0.866. The van der Waals surface area contributed by atoms with Crippen LogP contribution in [0, 0.1) is 0 Å². The van der Waals surface area contributed by atoms with E-state index in [9.17, 15) is 13.2 Å². The summed E-state index contributed by atoms with van der Waals surface area (Å²) in [6, 6.07) is 12.8. The molecule has 1 fully saturated rings. The van der Waals surface area contributed by atoms with E-state index < -0.39 is 10.0 Å². The van der Waals surface area contributed by atoms with Crippen LogP contribution in [0.3, 0.4) is 0 Å². The van der Waals surface area contributed by atoms with Gasteiger partial charge in [-0.3, -0.25) is 9.62 Å². The molecule has 1 aliphatic heterocycles. The van der Waals surface area contributed by atoms with Gasteiger partial charge in [-0.25, -0.2) is 13.2 Å². The first-order valence-corrected chi connectivity index (χ1v) is 8.81. The second-order valence-electron chi connectivity index (χ2n) is 5.18. The van der Waals surface area contributed by atoms with Gasteiger partial charge < -0.3 is 10.1 Å². The predicted octanol–water partition coefficient (Wildman–Crippen LogP) is 2.03. The third-order valence-electron chi connectivity index (χ3n) is 3.67. The molecule has 0 aromatic heterocycles. The lowest BCUT2D eigenvalue weighted by atomic mass is 10.3. The highest BCUT2D eigenvalue weighted by Crippen LogP contribution is 2.27. The number of rotatable bonds is 5. The predicted molar refractivity (Wildman–Crippen MR) is 91.0 cm³/mol. The summed E-state index contributed by atoms with van der Waals surface area (Å²) in [5.74, 6) is 0.437. The van der Waals surface area contributed by atoms with Gasteiger partial charge in [0.2, 0.25) is 0 Å². The number of para-hydroxylation sites is 2. The Morgan fingerprint density at radius 2 is 1.83 bits per heavy atom. The molecule has 1 heterocycles. The molecule has 0 atom stereocenters. The minimum atomic E-state index is -3.75. The largest absolute Gasteiger partial charge is 0.495 e. The number of amides is 2. The van der Waals surface area contributed by atoms with Gasteiger partial charge in [0.15, 0.2) is 0 Å². The zero-order chi connectivity index (χ0) is 17.2. The molecular formula is C16H17N3O4S. The number of urea groups is 1. The topological polar surface area (TPSA) is 87.7 Å². The SMILES string of the molecule is COc1ccccc1NS(=O)(=O)c1ccc(N2CCNC2=O)cc1. The summed E-state index contributed by atoms with van der Waals surface area (Å²) >= 11 is 0. The standard InChI is InChI=1S/C16H17N3O4S/c1-23-15-5-3-2-4-14(15)18-24(21,22)13-8-6-12(7-9-13)19-11-10-17-16(19)20/h2-9,18H,10-11H2,1H3,(H,17,20). The van der Waals surface area contributed by atoms with E-state index in [-0.39, 0.29) is 10.9 Å². The van der Waals surface area contributed by atoms with Crippen molar-refractivity contribution in [1.29, 1.82) is 0 Å². The van der Waals surface area contributed by atoms with Crippen LogP contribution < -0.4 is 19.7 Å². The van der Waals surface area contributed by atoms with Crippen molar-refractivity contribution in [3.63, 3.8) is 0 Å². The van der Waals surface area contributed by atoms with E-state index in [0.717, 1.165) is 0 Å². The Hall–Kier alpha value is -2.74. The number of hydrogen-bond donors (Lipinski definition) is 2. The van der Waals surface area contributed by atoms with Crippen LogP contribution in [-0.2, 0) is 10.0 Å². The normalized spacial score (nSPS) is 14.4. The number of nitrogens with one attached hydrogen (secondary N) is 2. The molecule has 126 valence electrons. The molecule has 2 N–H and O–H groups in total. The zero-order valence-corrected chi connectivity index (χ0v) is 13.8. The Kier molecular flexibility index (Phi) is 4.30. The van der Waals surface area contributed by atoms with Crippen LogP contribution in [0.15, 0.2) is 53.4 Å². The molecule has 0 spiro atoms. The van der Waals surface area contributed by atoms with Crippen molar-refractivity contribution >= 4 is 27.4 Å². The number of hydrogen-bond acceptors (Lipinski definition) is 4. The number of benzene rings is 2. The molecule has 24 heavy (non-hydrogen) atoms. The van der Waals surface area contributed by atoms with Crippen LogP contribution in [0.2, 0.25) is 0 Å². The van der Waals surface area contributed by atoms with Gasteiger partial charge in [0.1, 0.15) is 5.75 Å². The Morgan fingerprint density at radius 3 is 2.46 bits per heavy atom. The number of ether oxygens (including phenoxy) is 1. The summed E-state index contributed by atoms with van der Waals surface area (Å²) in [4.78, 5) is 13.3. The first-order valence-electron chi connectivity index (χ1n) is 7.32. The van der Waals surface area contributed by atoms with Gasteiger partial charge in [-0.1, -0.05) is 12.1 Å². The summed E-state index contributed by atoms with van der Waals surface area (Å²) in [7, 11) is -2.27. The third kappa shape index (κ3) is 3.13. The number of carbonyl (C=O) groups excluding carboxylic acids is 1. The maximum absolute atomic E-state index is 12.5. The molecule has 0 unspecified atom stereocenters. The molecule has 3 rings (SSSR count). The Bertz CT molecular complexity index is 850.